The zero-order chi connectivity index (χ0) is 27.9. The van der Waals surface area contributed by atoms with E-state index in [0.717, 1.165) is 33.8 Å². The SMILES string of the molecule is C#CCCCC(=O)Nc1cccc(-c2ccc3c(c2)[C@H](Nc2ccc(C(=O)OC)cc2)C[C@H](C)N3C(C)=O)c1. The van der Waals surface area contributed by atoms with E-state index in [2.05, 4.69) is 22.6 Å². The quantitative estimate of drug-likeness (QED) is 0.209. The number of carbonyl (C=O) groups excluding carboxylic acids is 3. The Balaban J connectivity index is 1.63. The van der Waals surface area contributed by atoms with Gasteiger partial charge in [-0.25, -0.2) is 4.79 Å². The molecule has 0 radical (unpaired) electrons. The summed E-state index contributed by atoms with van der Waals surface area (Å²) in [5.41, 5.74) is 5.86. The second-order valence-corrected chi connectivity index (χ2v) is 9.70. The topological polar surface area (TPSA) is 87.7 Å². The van der Waals surface area contributed by atoms with Crippen molar-refractivity contribution in [1.82, 2.24) is 0 Å². The van der Waals surface area contributed by atoms with Crippen LogP contribution in [0.2, 0.25) is 0 Å². The van der Waals surface area contributed by atoms with Crippen LogP contribution in [-0.2, 0) is 14.3 Å². The van der Waals surface area contributed by atoms with Crippen LogP contribution in [0.4, 0.5) is 17.1 Å². The number of fused-ring (bicyclic) bond motifs is 1. The molecule has 0 bridgehead atoms. The normalized spacial score (nSPS) is 16.0. The van der Waals surface area contributed by atoms with Crippen LogP contribution in [0, 0.1) is 12.3 Å². The van der Waals surface area contributed by atoms with Gasteiger partial charge in [-0.3, -0.25) is 9.59 Å². The first-order chi connectivity index (χ1) is 18.8. The summed E-state index contributed by atoms with van der Waals surface area (Å²) < 4.78 is 4.80. The van der Waals surface area contributed by atoms with Gasteiger partial charge in [0.25, 0.3) is 0 Å². The molecule has 0 saturated carbocycles. The van der Waals surface area contributed by atoms with Crippen LogP contribution in [0.5, 0.6) is 0 Å². The molecule has 3 aromatic rings. The summed E-state index contributed by atoms with van der Waals surface area (Å²) in [6, 6.07) is 20.9. The molecule has 0 saturated heterocycles. The van der Waals surface area contributed by atoms with Crippen molar-refractivity contribution < 1.29 is 19.1 Å². The molecule has 0 spiro atoms. The minimum Gasteiger partial charge on any atom is -0.465 e. The number of hydrogen-bond acceptors (Lipinski definition) is 5. The van der Waals surface area contributed by atoms with Crippen LogP contribution in [0.25, 0.3) is 11.1 Å². The number of hydrogen-bond donors (Lipinski definition) is 2. The number of methoxy groups -OCH3 is 1. The number of ether oxygens (including phenoxy) is 1. The average Bonchev–Trinajstić information content (AvgIpc) is 2.93. The monoisotopic (exact) mass is 523 g/mol. The second kappa shape index (κ2) is 12.3. The molecule has 1 aliphatic rings. The van der Waals surface area contributed by atoms with Crippen molar-refractivity contribution in [2.45, 2.75) is 51.6 Å². The molecule has 7 heteroatoms. The predicted octanol–water partition coefficient (Wildman–Crippen LogP) is 6.18. The molecule has 7 nitrogen and oxygen atoms in total. The van der Waals surface area contributed by atoms with Gasteiger partial charge >= 0.3 is 5.97 Å². The van der Waals surface area contributed by atoms with Crippen molar-refractivity contribution in [1.29, 1.82) is 0 Å². The third-order valence-electron chi connectivity index (χ3n) is 6.87. The van der Waals surface area contributed by atoms with E-state index in [1.807, 2.05) is 60.4 Å². The predicted molar refractivity (Wildman–Crippen MR) is 155 cm³/mol. The van der Waals surface area contributed by atoms with Crippen LogP contribution >= 0.6 is 0 Å². The van der Waals surface area contributed by atoms with E-state index in [9.17, 15) is 14.4 Å². The lowest BCUT2D eigenvalue weighted by atomic mass is 9.88. The number of terminal acetylenes is 1. The number of nitrogens with zero attached hydrogens (tertiary/aromatic N) is 1. The van der Waals surface area contributed by atoms with Gasteiger partial charge < -0.3 is 20.3 Å². The summed E-state index contributed by atoms with van der Waals surface area (Å²) in [7, 11) is 1.36. The Morgan fingerprint density at radius 3 is 2.46 bits per heavy atom. The maximum Gasteiger partial charge on any atom is 0.337 e. The van der Waals surface area contributed by atoms with E-state index in [1.165, 1.54) is 7.11 Å². The molecule has 0 aliphatic carbocycles. The summed E-state index contributed by atoms with van der Waals surface area (Å²) in [6.07, 6.45) is 7.59. The van der Waals surface area contributed by atoms with E-state index in [1.54, 1.807) is 19.1 Å². The minimum absolute atomic E-state index is 0.000651. The lowest BCUT2D eigenvalue weighted by molar-refractivity contribution is -0.117. The van der Waals surface area contributed by atoms with E-state index >= 15 is 0 Å². The Kier molecular flexibility index (Phi) is 8.67. The summed E-state index contributed by atoms with van der Waals surface area (Å²) in [6.45, 7) is 3.63. The summed E-state index contributed by atoms with van der Waals surface area (Å²) >= 11 is 0. The highest BCUT2D eigenvalue weighted by Gasteiger charge is 2.32. The van der Waals surface area contributed by atoms with Gasteiger partial charge in [0.1, 0.15) is 0 Å². The Labute approximate surface area is 229 Å². The molecule has 0 aromatic heterocycles. The van der Waals surface area contributed by atoms with Crippen molar-refractivity contribution in [2.24, 2.45) is 0 Å². The first-order valence-corrected chi connectivity index (χ1v) is 13.0. The number of benzene rings is 3. The van der Waals surface area contributed by atoms with Gasteiger partial charge in [0.05, 0.1) is 18.7 Å². The van der Waals surface area contributed by atoms with Crippen molar-refractivity contribution in [3.8, 4) is 23.5 Å². The summed E-state index contributed by atoms with van der Waals surface area (Å²) in [4.78, 5) is 38.5. The highest BCUT2D eigenvalue weighted by atomic mass is 16.5. The van der Waals surface area contributed by atoms with Gasteiger partial charge in [-0.2, -0.15) is 0 Å². The van der Waals surface area contributed by atoms with E-state index in [4.69, 9.17) is 11.2 Å². The van der Waals surface area contributed by atoms with Gasteiger partial charge in [-0.1, -0.05) is 18.2 Å². The van der Waals surface area contributed by atoms with Gasteiger partial charge in [-0.05, 0) is 85.0 Å². The van der Waals surface area contributed by atoms with Crippen LogP contribution in [0.1, 0.15) is 61.5 Å². The van der Waals surface area contributed by atoms with Gasteiger partial charge in [0.2, 0.25) is 11.8 Å². The number of amides is 2. The average molecular weight is 524 g/mol. The lowest BCUT2D eigenvalue weighted by Gasteiger charge is -2.39. The van der Waals surface area contributed by atoms with Gasteiger partial charge in [-0.15, -0.1) is 12.3 Å². The molecule has 1 heterocycles. The molecule has 0 fully saturated rings. The first-order valence-electron chi connectivity index (χ1n) is 13.0. The van der Waals surface area contributed by atoms with Crippen LogP contribution in [0.3, 0.4) is 0 Å². The van der Waals surface area contributed by atoms with Crippen LogP contribution < -0.4 is 15.5 Å². The number of anilines is 3. The van der Waals surface area contributed by atoms with Crippen molar-refractivity contribution >= 4 is 34.8 Å². The third kappa shape index (κ3) is 6.47. The molecule has 0 unspecified atom stereocenters. The summed E-state index contributed by atoms with van der Waals surface area (Å²) in [5.74, 6) is 2.10. The molecule has 2 amide bonds. The Bertz CT molecular complexity index is 1410. The molecular formula is C32H33N3O4. The minimum atomic E-state index is -0.383. The fraction of sp³-hybridized carbons (Fsp3) is 0.281. The maximum atomic E-state index is 12.6. The van der Waals surface area contributed by atoms with E-state index < -0.39 is 0 Å². The molecule has 3 aromatic carbocycles. The molecular weight excluding hydrogens is 490 g/mol. The number of rotatable bonds is 8. The second-order valence-electron chi connectivity index (χ2n) is 9.70. The fourth-order valence-electron chi connectivity index (χ4n) is 5.03. The maximum absolute atomic E-state index is 12.6. The first kappa shape index (κ1) is 27.5. The Morgan fingerprint density at radius 1 is 1.03 bits per heavy atom. The molecule has 2 N–H and O–H groups in total. The Hall–Kier alpha value is -4.57. The zero-order valence-corrected chi connectivity index (χ0v) is 22.5. The largest absolute Gasteiger partial charge is 0.465 e. The summed E-state index contributed by atoms with van der Waals surface area (Å²) in [5, 5.41) is 6.54. The number of unbranched alkanes of at least 4 members (excludes halogenated alkanes) is 1. The third-order valence-corrected chi connectivity index (χ3v) is 6.87. The Morgan fingerprint density at radius 2 is 1.77 bits per heavy atom. The van der Waals surface area contributed by atoms with Crippen molar-refractivity contribution in [2.75, 3.05) is 22.6 Å². The molecule has 39 heavy (non-hydrogen) atoms. The van der Waals surface area contributed by atoms with Gasteiger partial charge in [0.15, 0.2) is 0 Å². The molecule has 2 atom stereocenters. The van der Waals surface area contributed by atoms with Crippen molar-refractivity contribution in [3.05, 3.63) is 77.9 Å². The number of carbonyl (C=O) groups is 3. The van der Waals surface area contributed by atoms with Crippen LogP contribution in [-0.4, -0.2) is 30.9 Å². The van der Waals surface area contributed by atoms with Crippen molar-refractivity contribution in [3.63, 3.8) is 0 Å². The zero-order valence-electron chi connectivity index (χ0n) is 22.5. The highest BCUT2D eigenvalue weighted by molar-refractivity contribution is 5.95. The highest BCUT2D eigenvalue weighted by Crippen LogP contribution is 2.41. The number of nitrogens with one attached hydrogen (secondary N) is 2. The van der Waals surface area contributed by atoms with Crippen LogP contribution in [0.15, 0.2) is 66.7 Å². The molecule has 1 aliphatic heterocycles. The smallest absolute Gasteiger partial charge is 0.337 e. The fourth-order valence-corrected chi connectivity index (χ4v) is 5.03. The molecule has 4 rings (SSSR count). The lowest BCUT2D eigenvalue weighted by Crippen LogP contribution is -2.43. The van der Waals surface area contributed by atoms with E-state index in [0.29, 0.717) is 31.2 Å². The molecule has 200 valence electrons. The standard InChI is InChI=1S/C32H33N3O4/c1-5-6-7-11-31(37)34-27-10-8-9-24(19-27)25-14-17-30-28(20-25)29(18-21(2)35(30)22(3)36)33-26-15-12-23(13-16-26)32(38)39-4/h1,8-10,12-17,19-21,29,33H,6-7,11,18H2,2-4H3,(H,34,37)/t21-,29+/m0/s1. The number of esters is 1. The van der Waals surface area contributed by atoms with Gasteiger partial charge in [0, 0.05) is 42.9 Å². The van der Waals surface area contributed by atoms with E-state index in [-0.39, 0.29) is 29.9 Å².